The Kier molecular flexibility index (Phi) is 2.06. The number of nitrogen functional groups attached to an aromatic ring is 1. The van der Waals surface area contributed by atoms with Gasteiger partial charge < -0.3 is 10.5 Å². The monoisotopic (exact) mass is 192 g/mol. The summed E-state index contributed by atoms with van der Waals surface area (Å²) in [5, 5.41) is 3.73. The zero-order chi connectivity index (χ0) is 9.97. The number of nitrogens with two attached hydrogens (primary N) is 1. The van der Waals surface area contributed by atoms with E-state index in [1.165, 1.54) is 4.68 Å². The van der Waals surface area contributed by atoms with Gasteiger partial charge in [-0.25, -0.2) is 0 Å². The Morgan fingerprint density at radius 2 is 2.21 bits per heavy atom. The minimum Gasteiger partial charge on any atom is -0.490 e. The van der Waals surface area contributed by atoms with Crippen LogP contribution in [0.1, 0.15) is 0 Å². The van der Waals surface area contributed by atoms with Crippen molar-refractivity contribution in [3.63, 3.8) is 0 Å². The molecule has 72 valence electrons. The van der Waals surface area contributed by atoms with Gasteiger partial charge in [0.2, 0.25) is 5.27 Å². The molecule has 0 spiro atoms. The molecule has 0 saturated heterocycles. The van der Waals surface area contributed by atoms with Crippen LogP contribution in [0.5, 0.6) is 5.75 Å². The molecule has 0 bridgehead atoms. The third kappa shape index (κ3) is 1.39. The fraction of sp³-hybridized carbons (Fsp3) is 0.111. The SMILES string of the molecule is COc1ccccc1-[n+]1cc(N)on1. The molecule has 1 aromatic heterocycles. The normalized spacial score (nSPS) is 10.1. The molecule has 5 nitrogen and oxygen atoms in total. The lowest BCUT2D eigenvalue weighted by atomic mass is 10.3. The van der Waals surface area contributed by atoms with Gasteiger partial charge in [0.05, 0.1) is 7.11 Å². The summed E-state index contributed by atoms with van der Waals surface area (Å²) in [6, 6.07) is 7.47. The van der Waals surface area contributed by atoms with Crippen molar-refractivity contribution in [3.8, 4) is 11.4 Å². The summed E-state index contributed by atoms with van der Waals surface area (Å²) in [7, 11) is 1.60. The molecule has 0 unspecified atom stereocenters. The van der Waals surface area contributed by atoms with E-state index in [-0.39, 0.29) is 5.88 Å². The van der Waals surface area contributed by atoms with Crippen LogP contribution in [-0.4, -0.2) is 12.4 Å². The Morgan fingerprint density at radius 3 is 2.86 bits per heavy atom. The van der Waals surface area contributed by atoms with Crippen molar-refractivity contribution < 1.29 is 13.9 Å². The van der Waals surface area contributed by atoms with Crippen LogP contribution in [0.15, 0.2) is 35.0 Å². The van der Waals surface area contributed by atoms with Gasteiger partial charge >= 0.3 is 0 Å². The maximum absolute atomic E-state index is 5.42. The molecule has 14 heavy (non-hydrogen) atoms. The lowest BCUT2D eigenvalue weighted by Crippen LogP contribution is -2.31. The smallest absolute Gasteiger partial charge is 0.293 e. The van der Waals surface area contributed by atoms with Crippen molar-refractivity contribution in [1.29, 1.82) is 0 Å². The molecule has 0 aliphatic rings. The van der Waals surface area contributed by atoms with Gasteiger partial charge in [-0.05, 0) is 10.7 Å². The van der Waals surface area contributed by atoms with E-state index in [1.54, 1.807) is 13.3 Å². The number of aromatic nitrogens is 2. The average molecular weight is 192 g/mol. The molecular formula is C9H10N3O2+. The molecular weight excluding hydrogens is 182 g/mol. The van der Waals surface area contributed by atoms with Crippen LogP contribution in [0.2, 0.25) is 0 Å². The Balaban J connectivity index is 2.50. The summed E-state index contributed by atoms with van der Waals surface area (Å²) in [6.45, 7) is 0. The predicted molar refractivity (Wildman–Crippen MR) is 49.0 cm³/mol. The van der Waals surface area contributed by atoms with E-state index in [1.807, 2.05) is 24.3 Å². The second-order valence-electron chi connectivity index (χ2n) is 2.72. The number of nitrogens with zero attached hydrogens (tertiary/aromatic N) is 2. The topological polar surface area (TPSA) is 65.2 Å². The zero-order valence-electron chi connectivity index (χ0n) is 7.68. The fourth-order valence-corrected chi connectivity index (χ4v) is 1.19. The maximum atomic E-state index is 5.42. The number of para-hydroxylation sites is 2. The second kappa shape index (κ2) is 3.37. The quantitative estimate of drug-likeness (QED) is 0.705. The van der Waals surface area contributed by atoms with Gasteiger partial charge in [0, 0.05) is 6.07 Å². The third-order valence-electron chi connectivity index (χ3n) is 1.82. The van der Waals surface area contributed by atoms with Crippen molar-refractivity contribution in [3.05, 3.63) is 30.5 Å². The van der Waals surface area contributed by atoms with Crippen molar-refractivity contribution in [1.82, 2.24) is 5.27 Å². The lowest BCUT2D eigenvalue weighted by Gasteiger charge is -1.97. The fourth-order valence-electron chi connectivity index (χ4n) is 1.19. The first-order valence-corrected chi connectivity index (χ1v) is 4.09. The highest BCUT2D eigenvalue weighted by Crippen LogP contribution is 2.16. The summed E-state index contributed by atoms with van der Waals surface area (Å²) in [6.07, 6.45) is 1.58. The molecule has 2 rings (SSSR count). The lowest BCUT2D eigenvalue weighted by molar-refractivity contribution is -0.670. The molecule has 0 atom stereocenters. The van der Waals surface area contributed by atoms with E-state index in [9.17, 15) is 0 Å². The van der Waals surface area contributed by atoms with Gasteiger partial charge in [-0.1, -0.05) is 12.1 Å². The van der Waals surface area contributed by atoms with Crippen molar-refractivity contribution >= 4 is 5.88 Å². The number of ether oxygens (including phenoxy) is 1. The highest BCUT2D eigenvalue weighted by atomic mass is 16.5. The zero-order valence-corrected chi connectivity index (χ0v) is 7.68. The van der Waals surface area contributed by atoms with Crippen molar-refractivity contribution in [2.45, 2.75) is 0 Å². The molecule has 0 amide bonds. The predicted octanol–water partition coefficient (Wildman–Crippen LogP) is 0.542. The van der Waals surface area contributed by atoms with Crippen molar-refractivity contribution in [2.75, 3.05) is 12.8 Å². The van der Waals surface area contributed by atoms with Crippen LogP contribution in [0.4, 0.5) is 5.88 Å². The number of hydrogen-bond acceptors (Lipinski definition) is 4. The van der Waals surface area contributed by atoms with Crippen LogP contribution in [0.3, 0.4) is 0 Å². The molecule has 0 fully saturated rings. The van der Waals surface area contributed by atoms with E-state index in [0.29, 0.717) is 5.75 Å². The summed E-state index contributed by atoms with van der Waals surface area (Å²) in [4.78, 5) is 0. The van der Waals surface area contributed by atoms with E-state index in [0.717, 1.165) is 5.69 Å². The molecule has 2 aromatic rings. The van der Waals surface area contributed by atoms with Gasteiger partial charge in [0.15, 0.2) is 5.75 Å². The number of anilines is 1. The first-order valence-electron chi connectivity index (χ1n) is 4.09. The standard InChI is InChI=1S/C9H10N3O2/c1-13-8-5-3-2-4-7(8)12-6-9(10)14-11-12/h2-6H,10H2,1H3/q+1. The molecule has 0 aliphatic carbocycles. The third-order valence-corrected chi connectivity index (χ3v) is 1.82. The highest BCUT2D eigenvalue weighted by Gasteiger charge is 2.17. The van der Waals surface area contributed by atoms with E-state index < -0.39 is 0 Å². The molecule has 0 saturated carbocycles. The van der Waals surface area contributed by atoms with Gasteiger partial charge in [-0.3, -0.25) is 4.52 Å². The van der Waals surface area contributed by atoms with Crippen LogP contribution in [-0.2, 0) is 0 Å². The number of rotatable bonds is 2. The first-order chi connectivity index (χ1) is 6.81. The van der Waals surface area contributed by atoms with Crippen LogP contribution < -0.4 is 15.2 Å². The largest absolute Gasteiger partial charge is 0.490 e. The first kappa shape index (κ1) is 8.55. The minimum atomic E-state index is 0.260. The Morgan fingerprint density at radius 1 is 1.43 bits per heavy atom. The van der Waals surface area contributed by atoms with Gasteiger partial charge in [0.25, 0.3) is 17.8 Å². The van der Waals surface area contributed by atoms with Gasteiger partial charge in [-0.15, -0.1) is 0 Å². The second-order valence-corrected chi connectivity index (χ2v) is 2.72. The van der Waals surface area contributed by atoms with E-state index in [2.05, 4.69) is 5.27 Å². The molecule has 0 aliphatic heterocycles. The summed E-state index contributed by atoms with van der Waals surface area (Å²) >= 11 is 0. The maximum Gasteiger partial charge on any atom is 0.293 e. The van der Waals surface area contributed by atoms with Crippen LogP contribution >= 0.6 is 0 Å². The molecule has 5 heteroatoms. The minimum absolute atomic E-state index is 0.260. The summed E-state index contributed by atoms with van der Waals surface area (Å²) in [5.74, 6) is 0.974. The van der Waals surface area contributed by atoms with Crippen molar-refractivity contribution in [2.24, 2.45) is 0 Å². The summed E-state index contributed by atoms with van der Waals surface area (Å²) < 4.78 is 11.4. The number of methoxy groups -OCH3 is 1. The van der Waals surface area contributed by atoms with Gasteiger partial charge in [-0.2, -0.15) is 0 Å². The summed E-state index contributed by atoms with van der Waals surface area (Å²) in [5.41, 5.74) is 6.20. The molecule has 0 radical (unpaired) electrons. The Hall–Kier alpha value is -2.04. The van der Waals surface area contributed by atoms with Crippen LogP contribution in [0, 0.1) is 0 Å². The molecule has 1 aromatic carbocycles. The number of hydrogen-bond donors (Lipinski definition) is 1. The Labute approximate surface area is 80.7 Å². The molecule has 2 N–H and O–H groups in total. The highest BCUT2D eigenvalue weighted by molar-refractivity contribution is 5.39. The Bertz CT molecular complexity index is 439. The average Bonchev–Trinajstić information content (AvgIpc) is 2.65. The van der Waals surface area contributed by atoms with Crippen LogP contribution in [0.25, 0.3) is 5.69 Å². The number of benzene rings is 1. The van der Waals surface area contributed by atoms with E-state index >= 15 is 0 Å². The van der Waals surface area contributed by atoms with Gasteiger partial charge in [0.1, 0.15) is 0 Å². The molecule has 1 heterocycles. The van der Waals surface area contributed by atoms with E-state index in [4.69, 9.17) is 15.0 Å².